The van der Waals surface area contributed by atoms with Crippen LogP contribution in [0.1, 0.15) is 17.6 Å². The fourth-order valence-electron chi connectivity index (χ4n) is 2.68. The number of anilines is 1. The van der Waals surface area contributed by atoms with Gasteiger partial charge in [0.2, 0.25) is 11.9 Å². The lowest BCUT2D eigenvalue weighted by molar-refractivity contribution is -0.176. The van der Waals surface area contributed by atoms with Gasteiger partial charge < -0.3 is 10.6 Å². The van der Waals surface area contributed by atoms with E-state index >= 15 is 0 Å². The zero-order valence-corrected chi connectivity index (χ0v) is 11.6. The number of halogens is 3. The second-order valence-corrected chi connectivity index (χ2v) is 5.70. The van der Waals surface area contributed by atoms with Crippen molar-refractivity contribution in [1.29, 1.82) is 0 Å². The summed E-state index contributed by atoms with van der Waals surface area (Å²) in [6, 6.07) is 6.36. The van der Waals surface area contributed by atoms with Gasteiger partial charge in [-0.05, 0) is 25.0 Å². The van der Waals surface area contributed by atoms with Crippen LogP contribution in [0.2, 0.25) is 0 Å². The highest BCUT2D eigenvalue weighted by atomic mass is 19.4. The van der Waals surface area contributed by atoms with Crippen molar-refractivity contribution in [2.75, 3.05) is 5.32 Å². The number of nitrogens with zero attached hydrogens (tertiary/aromatic N) is 2. The van der Waals surface area contributed by atoms with E-state index < -0.39 is 29.6 Å². The maximum Gasteiger partial charge on any atom is 0.440 e. The van der Waals surface area contributed by atoms with Gasteiger partial charge in [0.1, 0.15) is 0 Å². The monoisotopic (exact) mass is 324 g/mol. The number of carbonyl (C=O) groups is 2. The van der Waals surface area contributed by atoms with E-state index in [9.17, 15) is 22.8 Å². The first-order valence-electron chi connectivity index (χ1n) is 7.03. The molecule has 120 valence electrons. The van der Waals surface area contributed by atoms with Crippen LogP contribution in [-0.2, 0) is 4.79 Å². The Morgan fingerprint density at radius 2 is 2.04 bits per heavy atom. The van der Waals surface area contributed by atoms with E-state index in [1.54, 1.807) is 18.2 Å². The molecule has 6 nitrogen and oxygen atoms in total. The van der Waals surface area contributed by atoms with Crippen molar-refractivity contribution in [2.45, 2.75) is 24.7 Å². The van der Waals surface area contributed by atoms with Gasteiger partial charge in [-0.1, -0.05) is 12.1 Å². The van der Waals surface area contributed by atoms with Crippen LogP contribution in [0.3, 0.4) is 0 Å². The van der Waals surface area contributed by atoms with Crippen LogP contribution in [0.15, 0.2) is 24.3 Å². The van der Waals surface area contributed by atoms with Crippen molar-refractivity contribution in [3.8, 4) is 0 Å². The van der Waals surface area contributed by atoms with Crippen molar-refractivity contribution < 1.29 is 22.8 Å². The van der Waals surface area contributed by atoms with Gasteiger partial charge in [-0.2, -0.15) is 13.2 Å². The van der Waals surface area contributed by atoms with Crippen molar-refractivity contribution in [1.82, 2.24) is 14.9 Å². The summed E-state index contributed by atoms with van der Waals surface area (Å²) in [6.45, 7) is 0. The SMILES string of the molecule is O=C(NC1(C(F)(F)F)Nc2nc3ccccc3n2C1=O)C1CC1. The normalized spacial score (nSPS) is 23.7. The largest absolute Gasteiger partial charge is 0.440 e. The van der Waals surface area contributed by atoms with Crippen LogP contribution < -0.4 is 10.6 Å². The number of para-hydroxylation sites is 2. The molecule has 1 saturated carbocycles. The van der Waals surface area contributed by atoms with Gasteiger partial charge in [-0.15, -0.1) is 0 Å². The molecule has 0 radical (unpaired) electrons. The van der Waals surface area contributed by atoms with Gasteiger partial charge in [0, 0.05) is 5.92 Å². The molecular formula is C14H11F3N4O2. The van der Waals surface area contributed by atoms with Crippen LogP contribution in [0.25, 0.3) is 11.0 Å². The number of rotatable bonds is 2. The number of alkyl halides is 3. The Morgan fingerprint density at radius 3 is 2.70 bits per heavy atom. The molecule has 1 aromatic carbocycles. The average Bonchev–Trinajstić information content (AvgIpc) is 3.21. The number of nitrogens with one attached hydrogen (secondary N) is 2. The summed E-state index contributed by atoms with van der Waals surface area (Å²) in [5, 5.41) is 3.94. The van der Waals surface area contributed by atoms with Crippen LogP contribution in [0.5, 0.6) is 0 Å². The highest BCUT2D eigenvalue weighted by Crippen LogP contribution is 2.40. The van der Waals surface area contributed by atoms with Crippen LogP contribution in [-0.4, -0.2) is 33.2 Å². The molecule has 2 aromatic rings. The Morgan fingerprint density at radius 1 is 1.35 bits per heavy atom. The number of fused-ring (bicyclic) bond motifs is 3. The Bertz CT molecular complexity index is 840. The molecule has 1 aromatic heterocycles. The molecule has 1 amide bonds. The Kier molecular flexibility index (Phi) is 2.59. The highest BCUT2D eigenvalue weighted by Gasteiger charge is 2.67. The summed E-state index contributed by atoms with van der Waals surface area (Å²) in [5.41, 5.74) is -2.52. The standard InChI is InChI=1S/C14H11F3N4O2/c15-14(16,17)13(19-10(22)7-5-6-7)11(23)21-9-4-2-1-3-8(9)18-12(21)20-13/h1-4,7H,5-6H2,(H,18,20)(H,19,22). The van der Waals surface area contributed by atoms with Crippen molar-refractivity contribution >= 4 is 28.8 Å². The number of amides is 1. The molecule has 1 aliphatic heterocycles. The number of benzene rings is 1. The van der Waals surface area contributed by atoms with E-state index in [4.69, 9.17) is 0 Å². The van der Waals surface area contributed by atoms with Crippen molar-refractivity contribution in [2.24, 2.45) is 5.92 Å². The molecule has 2 N–H and O–H groups in total. The van der Waals surface area contributed by atoms with Gasteiger partial charge in [-0.3, -0.25) is 9.59 Å². The fourth-order valence-corrected chi connectivity index (χ4v) is 2.68. The molecule has 1 fully saturated rings. The first kappa shape index (κ1) is 14.0. The quantitative estimate of drug-likeness (QED) is 0.884. The third-order valence-corrected chi connectivity index (χ3v) is 4.07. The Labute approximate surface area is 127 Å². The van der Waals surface area contributed by atoms with Crippen molar-refractivity contribution in [3.63, 3.8) is 0 Å². The zero-order chi connectivity index (χ0) is 16.4. The summed E-state index contributed by atoms with van der Waals surface area (Å²) in [7, 11) is 0. The third-order valence-electron chi connectivity index (χ3n) is 4.07. The predicted octanol–water partition coefficient (Wildman–Crippen LogP) is 1.89. The molecule has 4 rings (SSSR count). The molecule has 23 heavy (non-hydrogen) atoms. The van der Waals surface area contributed by atoms with Gasteiger partial charge >= 0.3 is 6.18 Å². The minimum atomic E-state index is -5.00. The molecule has 1 unspecified atom stereocenters. The molecule has 0 saturated heterocycles. The topological polar surface area (TPSA) is 76.0 Å². The van der Waals surface area contributed by atoms with Gasteiger partial charge in [0.15, 0.2) is 0 Å². The Hall–Kier alpha value is -2.58. The average molecular weight is 324 g/mol. The Balaban J connectivity index is 1.82. The van der Waals surface area contributed by atoms with Crippen LogP contribution in [0.4, 0.5) is 19.1 Å². The summed E-state index contributed by atoms with van der Waals surface area (Å²) in [5.74, 6) is -2.78. The van der Waals surface area contributed by atoms with E-state index in [0.29, 0.717) is 18.4 Å². The summed E-state index contributed by atoms with van der Waals surface area (Å²) in [6.07, 6.45) is -3.95. The molecule has 9 heteroatoms. The van der Waals surface area contributed by atoms with E-state index in [0.717, 1.165) is 4.57 Å². The molecule has 1 atom stereocenters. The number of aromatic nitrogens is 2. The minimum absolute atomic E-state index is 0.232. The maximum absolute atomic E-state index is 13.6. The number of hydrogen-bond donors (Lipinski definition) is 2. The molecule has 2 heterocycles. The third kappa shape index (κ3) is 1.85. The summed E-state index contributed by atoms with van der Waals surface area (Å²) < 4.78 is 41.7. The van der Waals surface area contributed by atoms with E-state index in [1.807, 2.05) is 5.32 Å². The first-order chi connectivity index (χ1) is 10.8. The van der Waals surface area contributed by atoms with Crippen molar-refractivity contribution in [3.05, 3.63) is 24.3 Å². The number of imidazole rings is 1. The second-order valence-electron chi connectivity index (χ2n) is 5.70. The molecule has 0 bridgehead atoms. The maximum atomic E-state index is 13.6. The fraction of sp³-hybridized carbons (Fsp3) is 0.357. The molecule has 1 aliphatic carbocycles. The van der Waals surface area contributed by atoms with E-state index in [-0.39, 0.29) is 11.5 Å². The minimum Gasteiger partial charge on any atom is -0.318 e. The van der Waals surface area contributed by atoms with E-state index in [1.165, 1.54) is 6.07 Å². The van der Waals surface area contributed by atoms with Gasteiger partial charge in [0.25, 0.3) is 11.6 Å². The van der Waals surface area contributed by atoms with E-state index in [2.05, 4.69) is 10.3 Å². The molecule has 0 spiro atoms. The van der Waals surface area contributed by atoms with Gasteiger partial charge in [-0.25, -0.2) is 9.55 Å². The smallest absolute Gasteiger partial charge is 0.318 e. The summed E-state index contributed by atoms with van der Waals surface area (Å²) >= 11 is 0. The lowest BCUT2D eigenvalue weighted by Crippen LogP contribution is -2.67. The number of carbonyl (C=O) groups excluding carboxylic acids is 2. The highest BCUT2D eigenvalue weighted by molar-refractivity contribution is 6.06. The zero-order valence-electron chi connectivity index (χ0n) is 11.6. The second kappa shape index (κ2) is 4.24. The van der Waals surface area contributed by atoms with Gasteiger partial charge in [0.05, 0.1) is 11.0 Å². The molecular weight excluding hydrogens is 313 g/mol. The predicted molar refractivity (Wildman–Crippen MR) is 73.6 cm³/mol. The van der Waals surface area contributed by atoms with Crippen LogP contribution >= 0.6 is 0 Å². The van der Waals surface area contributed by atoms with Crippen LogP contribution in [0, 0.1) is 5.92 Å². The lowest BCUT2D eigenvalue weighted by atomic mass is 10.1. The lowest BCUT2D eigenvalue weighted by Gasteiger charge is -2.30. The molecule has 2 aliphatic rings. The number of hydrogen-bond acceptors (Lipinski definition) is 4. The first-order valence-corrected chi connectivity index (χ1v) is 7.03. The summed E-state index contributed by atoms with van der Waals surface area (Å²) in [4.78, 5) is 28.4.